The van der Waals surface area contributed by atoms with E-state index in [1.54, 1.807) is 6.92 Å². The maximum Gasteiger partial charge on any atom is 0.322 e. The fourth-order valence-electron chi connectivity index (χ4n) is 2.08. The predicted octanol–water partition coefficient (Wildman–Crippen LogP) is 1.16. The lowest BCUT2D eigenvalue weighted by atomic mass is 9.88. The van der Waals surface area contributed by atoms with Crippen LogP contribution < -0.4 is 5.32 Å². The number of hydrogen-bond donors (Lipinski definition) is 2. The minimum absolute atomic E-state index is 0.0129. The van der Waals surface area contributed by atoms with Gasteiger partial charge >= 0.3 is 5.69 Å². The number of carbonyl (C=O) groups is 1. The molecule has 0 saturated heterocycles. The lowest BCUT2D eigenvalue weighted by molar-refractivity contribution is -0.385. The van der Waals surface area contributed by atoms with E-state index in [-0.39, 0.29) is 29.5 Å². The maximum atomic E-state index is 12.2. The van der Waals surface area contributed by atoms with Crippen LogP contribution in [0.5, 0.6) is 0 Å². The molecule has 21 heavy (non-hydrogen) atoms. The van der Waals surface area contributed by atoms with Crippen molar-refractivity contribution in [3.8, 4) is 0 Å². The topological polar surface area (TPSA) is 110 Å². The van der Waals surface area contributed by atoms with E-state index in [0.717, 1.165) is 6.42 Å². The molecule has 0 aliphatic carbocycles. The second-order valence-corrected chi connectivity index (χ2v) is 5.51. The van der Waals surface area contributed by atoms with Gasteiger partial charge in [-0.2, -0.15) is 5.10 Å². The van der Waals surface area contributed by atoms with Gasteiger partial charge in [0.05, 0.1) is 10.5 Å². The molecule has 1 amide bonds. The quantitative estimate of drug-likeness (QED) is 0.605. The van der Waals surface area contributed by atoms with E-state index in [2.05, 4.69) is 10.4 Å². The minimum Gasteiger partial charge on any atom is -0.388 e. The van der Waals surface area contributed by atoms with Gasteiger partial charge in [0, 0.05) is 13.6 Å². The zero-order chi connectivity index (χ0) is 16.4. The Morgan fingerprint density at radius 1 is 1.62 bits per heavy atom. The Kier molecular flexibility index (Phi) is 5.06. The van der Waals surface area contributed by atoms with E-state index in [4.69, 9.17) is 0 Å². The third-order valence-electron chi connectivity index (χ3n) is 3.87. The summed E-state index contributed by atoms with van der Waals surface area (Å²) in [4.78, 5) is 22.6. The molecule has 2 atom stereocenters. The number of nitrogens with one attached hydrogen (secondary N) is 1. The number of nitrogens with zero attached hydrogens (tertiary/aromatic N) is 3. The largest absolute Gasteiger partial charge is 0.388 e. The summed E-state index contributed by atoms with van der Waals surface area (Å²) in [5.74, 6) is -0.630. The van der Waals surface area contributed by atoms with E-state index in [9.17, 15) is 20.0 Å². The van der Waals surface area contributed by atoms with Crippen molar-refractivity contribution in [2.45, 2.75) is 39.7 Å². The van der Waals surface area contributed by atoms with Crippen molar-refractivity contribution in [3.05, 3.63) is 21.5 Å². The molecule has 0 aliphatic rings. The van der Waals surface area contributed by atoms with Crippen LogP contribution in [-0.4, -0.2) is 37.9 Å². The first-order valence-electron chi connectivity index (χ1n) is 6.80. The Bertz CT molecular complexity index is 551. The molecule has 8 heteroatoms. The highest BCUT2D eigenvalue weighted by Gasteiger charge is 2.32. The van der Waals surface area contributed by atoms with Gasteiger partial charge in [-0.3, -0.25) is 19.6 Å². The van der Waals surface area contributed by atoms with Crippen molar-refractivity contribution in [1.29, 1.82) is 0 Å². The summed E-state index contributed by atoms with van der Waals surface area (Å²) in [7, 11) is 1.47. The molecule has 0 radical (unpaired) electrons. The average molecular weight is 298 g/mol. The Labute approximate surface area is 123 Å². The first kappa shape index (κ1) is 17.1. The number of rotatable bonds is 6. The Morgan fingerprint density at radius 2 is 2.19 bits per heavy atom. The number of aliphatic hydroxyl groups is 1. The normalized spacial score (nSPS) is 15.3. The molecule has 0 aliphatic heterocycles. The van der Waals surface area contributed by atoms with E-state index in [1.807, 2.05) is 13.8 Å². The van der Waals surface area contributed by atoms with Gasteiger partial charge in [-0.25, -0.2) is 0 Å². The van der Waals surface area contributed by atoms with E-state index in [1.165, 1.54) is 18.7 Å². The molecular formula is C13H22N4O4. The molecule has 0 bridgehead atoms. The zero-order valence-corrected chi connectivity index (χ0v) is 13.0. The summed E-state index contributed by atoms with van der Waals surface area (Å²) in [6, 6.07) is 0. The minimum atomic E-state index is -1.08. The van der Waals surface area contributed by atoms with Crippen LogP contribution >= 0.6 is 0 Å². The lowest BCUT2D eigenvalue weighted by Crippen LogP contribution is -2.45. The van der Waals surface area contributed by atoms with Crippen molar-refractivity contribution < 1.29 is 14.8 Å². The first-order chi connectivity index (χ1) is 9.61. The Morgan fingerprint density at radius 3 is 2.67 bits per heavy atom. The highest BCUT2D eigenvalue weighted by Crippen LogP contribution is 2.23. The van der Waals surface area contributed by atoms with E-state index >= 15 is 0 Å². The van der Waals surface area contributed by atoms with Gasteiger partial charge in [0.25, 0.3) is 5.91 Å². The van der Waals surface area contributed by atoms with Crippen LogP contribution in [0.25, 0.3) is 0 Å². The molecular weight excluding hydrogens is 276 g/mol. The second kappa shape index (κ2) is 6.21. The van der Waals surface area contributed by atoms with Crippen LogP contribution in [-0.2, 0) is 7.05 Å². The van der Waals surface area contributed by atoms with Crippen LogP contribution in [0.4, 0.5) is 5.69 Å². The summed E-state index contributed by atoms with van der Waals surface area (Å²) >= 11 is 0. The fraction of sp³-hybridized carbons (Fsp3) is 0.692. The molecule has 1 rings (SSSR count). The highest BCUT2D eigenvalue weighted by molar-refractivity contribution is 5.96. The molecule has 0 fully saturated rings. The van der Waals surface area contributed by atoms with Crippen molar-refractivity contribution in [1.82, 2.24) is 15.1 Å². The summed E-state index contributed by atoms with van der Waals surface area (Å²) in [5, 5.41) is 27.8. The number of aromatic nitrogens is 2. The van der Waals surface area contributed by atoms with Gasteiger partial charge in [0.2, 0.25) is 5.69 Å². The Balaban J connectivity index is 2.94. The van der Waals surface area contributed by atoms with Crippen LogP contribution in [0.1, 0.15) is 43.4 Å². The van der Waals surface area contributed by atoms with Gasteiger partial charge in [-0.15, -0.1) is 0 Å². The number of carbonyl (C=O) groups excluding carboxylic acids is 1. The second-order valence-electron chi connectivity index (χ2n) is 5.51. The van der Waals surface area contributed by atoms with Gasteiger partial charge in [0.1, 0.15) is 5.69 Å². The van der Waals surface area contributed by atoms with Crippen LogP contribution in [0.3, 0.4) is 0 Å². The third kappa shape index (κ3) is 3.57. The monoisotopic (exact) mass is 298 g/mol. The zero-order valence-electron chi connectivity index (χ0n) is 13.0. The van der Waals surface area contributed by atoms with Crippen LogP contribution in [0.2, 0.25) is 0 Å². The number of hydrogen-bond acceptors (Lipinski definition) is 5. The molecule has 1 heterocycles. The summed E-state index contributed by atoms with van der Waals surface area (Å²) in [6.45, 7) is 6.94. The molecule has 2 unspecified atom stereocenters. The van der Waals surface area contributed by atoms with Crippen LogP contribution in [0, 0.1) is 23.0 Å². The number of nitro groups is 1. The summed E-state index contributed by atoms with van der Waals surface area (Å²) in [5.41, 5.74) is -1.32. The van der Waals surface area contributed by atoms with Gasteiger partial charge in [-0.1, -0.05) is 20.3 Å². The average Bonchev–Trinajstić information content (AvgIpc) is 2.69. The lowest BCUT2D eigenvalue weighted by Gasteiger charge is -2.29. The van der Waals surface area contributed by atoms with Gasteiger partial charge in [0.15, 0.2) is 0 Å². The molecule has 0 spiro atoms. The molecule has 118 valence electrons. The SMILES string of the molecule is CCC(C)C(C)(O)CNC(=O)c1c([N+](=O)[O-])c(C)nn1C. The highest BCUT2D eigenvalue weighted by atomic mass is 16.6. The van der Waals surface area contributed by atoms with Crippen molar-refractivity contribution in [2.75, 3.05) is 6.54 Å². The summed E-state index contributed by atoms with van der Waals surface area (Å²) in [6.07, 6.45) is 0.758. The smallest absolute Gasteiger partial charge is 0.322 e. The molecule has 1 aromatic heterocycles. The standard InChI is InChI=1S/C13H22N4O4/c1-6-8(2)13(4,19)7-14-12(18)11-10(17(20)21)9(3)15-16(11)5/h8,19H,6-7H2,1-5H3,(H,14,18). The van der Waals surface area contributed by atoms with Gasteiger partial charge < -0.3 is 10.4 Å². The number of amides is 1. The third-order valence-corrected chi connectivity index (χ3v) is 3.87. The Hall–Kier alpha value is -1.96. The van der Waals surface area contributed by atoms with E-state index in [0.29, 0.717) is 0 Å². The number of aryl methyl sites for hydroxylation is 2. The van der Waals surface area contributed by atoms with Gasteiger partial charge in [-0.05, 0) is 19.8 Å². The molecule has 2 N–H and O–H groups in total. The van der Waals surface area contributed by atoms with E-state index < -0.39 is 16.4 Å². The van der Waals surface area contributed by atoms with Crippen molar-refractivity contribution in [2.24, 2.45) is 13.0 Å². The molecule has 1 aromatic rings. The van der Waals surface area contributed by atoms with Crippen molar-refractivity contribution in [3.63, 3.8) is 0 Å². The van der Waals surface area contributed by atoms with Crippen molar-refractivity contribution >= 4 is 11.6 Å². The molecule has 0 saturated carbocycles. The predicted molar refractivity (Wildman–Crippen MR) is 77.0 cm³/mol. The molecule has 0 aromatic carbocycles. The first-order valence-corrected chi connectivity index (χ1v) is 6.80. The fourth-order valence-corrected chi connectivity index (χ4v) is 2.08. The summed E-state index contributed by atoms with van der Waals surface area (Å²) < 4.78 is 1.18. The molecule has 8 nitrogen and oxygen atoms in total. The maximum absolute atomic E-state index is 12.2. The van der Waals surface area contributed by atoms with Crippen LogP contribution in [0.15, 0.2) is 0 Å².